The maximum Gasteiger partial charge on any atom is 0.293 e. The molecule has 4 rings (SSSR count). The van der Waals surface area contributed by atoms with Gasteiger partial charge < -0.3 is 24.3 Å². The van der Waals surface area contributed by atoms with Crippen molar-refractivity contribution in [2.45, 2.75) is 32.3 Å². The molecule has 9 heteroatoms. The molecule has 0 bridgehead atoms. The quantitative estimate of drug-likeness (QED) is 0.510. The van der Waals surface area contributed by atoms with Crippen LogP contribution in [0.2, 0.25) is 5.02 Å². The first-order chi connectivity index (χ1) is 16.4. The van der Waals surface area contributed by atoms with Gasteiger partial charge in [-0.05, 0) is 37.1 Å². The highest BCUT2D eigenvalue weighted by Crippen LogP contribution is 2.31. The molecule has 0 unspecified atom stereocenters. The van der Waals surface area contributed by atoms with Gasteiger partial charge in [-0.15, -0.1) is 0 Å². The average Bonchev–Trinajstić information content (AvgIpc) is 2.86. The molecule has 0 spiro atoms. The van der Waals surface area contributed by atoms with Crippen LogP contribution in [0, 0.1) is 0 Å². The van der Waals surface area contributed by atoms with Crippen molar-refractivity contribution in [1.29, 1.82) is 0 Å². The Hall–Kier alpha value is -3.10. The Balaban J connectivity index is 1.59. The second-order valence-corrected chi connectivity index (χ2v) is 8.80. The summed E-state index contributed by atoms with van der Waals surface area (Å²) in [4.78, 5) is 31.0. The summed E-state index contributed by atoms with van der Waals surface area (Å²) in [5.41, 5.74) is 2.03. The first-order valence-electron chi connectivity index (χ1n) is 11.4. The van der Waals surface area contributed by atoms with Crippen LogP contribution in [0.25, 0.3) is 10.9 Å². The fourth-order valence-corrected chi connectivity index (χ4v) is 4.22. The molecule has 1 fully saturated rings. The first-order valence-corrected chi connectivity index (χ1v) is 11.8. The smallest absolute Gasteiger partial charge is 0.293 e. The first kappa shape index (κ1) is 24.0. The Morgan fingerprint density at radius 1 is 1.24 bits per heavy atom. The van der Waals surface area contributed by atoms with Gasteiger partial charge in [-0.2, -0.15) is 0 Å². The number of fused-ring (bicyclic) bond motifs is 1. The second kappa shape index (κ2) is 10.4. The molecule has 3 heterocycles. The maximum absolute atomic E-state index is 12.6. The molecule has 0 aliphatic carbocycles. The van der Waals surface area contributed by atoms with Crippen molar-refractivity contribution in [2.24, 2.45) is 7.05 Å². The zero-order valence-corrected chi connectivity index (χ0v) is 20.4. The largest absolute Gasteiger partial charge is 0.480 e. The number of rotatable bonds is 8. The van der Waals surface area contributed by atoms with Crippen LogP contribution in [-0.4, -0.2) is 48.2 Å². The second-order valence-electron chi connectivity index (χ2n) is 8.40. The van der Waals surface area contributed by atoms with Gasteiger partial charge in [0.25, 0.3) is 5.56 Å². The van der Waals surface area contributed by atoms with E-state index in [2.05, 4.69) is 15.2 Å². The molecule has 0 amide bonds. The van der Waals surface area contributed by atoms with Gasteiger partial charge in [-0.25, -0.2) is 4.98 Å². The van der Waals surface area contributed by atoms with Crippen LogP contribution in [0.1, 0.15) is 26.2 Å². The van der Waals surface area contributed by atoms with Crippen molar-refractivity contribution < 1.29 is 14.3 Å². The third kappa shape index (κ3) is 5.18. The van der Waals surface area contributed by atoms with Gasteiger partial charge in [0.2, 0.25) is 0 Å². The van der Waals surface area contributed by atoms with E-state index in [0.29, 0.717) is 17.5 Å². The molecule has 34 heavy (non-hydrogen) atoms. The van der Waals surface area contributed by atoms with Gasteiger partial charge in [-0.3, -0.25) is 9.59 Å². The number of Topliss-reactive ketones (excluding diaryl/α,β-unsaturated/α-hetero) is 1. The van der Waals surface area contributed by atoms with Gasteiger partial charge in [0.1, 0.15) is 12.4 Å². The predicted molar refractivity (Wildman–Crippen MR) is 135 cm³/mol. The lowest BCUT2D eigenvalue weighted by atomic mass is 10.1. The number of carbonyl (C=O) groups excluding carboxylic acids is 1. The van der Waals surface area contributed by atoms with Crippen molar-refractivity contribution in [1.82, 2.24) is 9.55 Å². The summed E-state index contributed by atoms with van der Waals surface area (Å²) in [5.74, 6) is 0.950. The summed E-state index contributed by atoms with van der Waals surface area (Å²) < 4.78 is 12.5. The Labute approximate surface area is 203 Å². The normalized spacial score (nSPS) is 14.4. The molecule has 8 nitrogen and oxygen atoms in total. The molecular formula is C25H29ClN4O4. The van der Waals surface area contributed by atoms with Crippen molar-refractivity contribution >= 4 is 45.5 Å². The van der Waals surface area contributed by atoms with E-state index in [0.717, 1.165) is 54.0 Å². The Morgan fingerprint density at radius 2 is 2.00 bits per heavy atom. The SMILES string of the molecule is CCC(=O)COc1cc2cc(Nc3cc(N4CCC(OC)CC4)ncc3Cl)ccc2n(C)c1=O. The Bertz CT molecular complexity index is 1250. The summed E-state index contributed by atoms with van der Waals surface area (Å²) in [6.45, 7) is 3.39. The van der Waals surface area contributed by atoms with Crippen LogP contribution in [-0.2, 0) is 16.6 Å². The number of aromatic nitrogens is 2. The molecule has 0 radical (unpaired) electrons. The number of halogens is 1. The topological polar surface area (TPSA) is 85.7 Å². The van der Waals surface area contributed by atoms with E-state index in [1.54, 1.807) is 33.3 Å². The van der Waals surface area contributed by atoms with E-state index in [-0.39, 0.29) is 23.7 Å². The fraction of sp³-hybridized carbons (Fsp3) is 0.400. The summed E-state index contributed by atoms with van der Waals surface area (Å²) in [7, 11) is 3.44. The fourth-order valence-electron chi connectivity index (χ4n) is 4.07. The zero-order chi connectivity index (χ0) is 24.2. The van der Waals surface area contributed by atoms with Crippen LogP contribution >= 0.6 is 11.6 Å². The third-order valence-electron chi connectivity index (χ3n) is 6.19. The highest BCUT2D eigenvalue weighted by atomic mass is 35.5. The van der Waals surface area contributed by atoms with Crippen LogP contribution < -0.4 is 20.5 Å². The summed E-state index contributed by atoms with van der Waals surface area (Å²) in [6, 6.07) is 9.30. The number of pyridine rings is 2. The maximum atomic E-state index is 12.6. The summed E-state index contributed by atoms with van der Waals surface area (Å²) in [5, 5.41) is 4.69. The van der Waals surface area contributed by atoms with E-state index >= 15 is 0 Å². The number of nitrogens with one attached hydrogen (secondary N) is 1. The number of nitrogens with zero attached hydrogens (tertiary/aromatic N) is 3. The lowest BCUT2D eigenvalue weighted by molar-refractivity contribution is -0.120. The van der Waals surface area contributed by atoms with Gasteiger partial charge in [0.15, 0.2) is 11.5 Å². The molecule has 2 aromatic heterocycles. The number of ketones is 1. The Kier molecular flexibility index (Phi) is 7.38. The van der Waals surface area contributed by atoms with Crippen LogP contribution in [0.5, 0.6) is 5.75 Å². The molecule has 0 atom stereocenters. The number of hydrogen-bond donors (Lipinski definition) is 1. The van der Waals surface area contributed by atoms with Crippen molar-refractivity contribution in [3.63, 3.8) is 0 Å². The molecule has 1 aliphatic heterocycles. The predicted octanol–water partition coefficient (Wildman–Crippen LogP) is 4.30. The highest BCUT2D eigenvalue weighted by molar-refractivity contribution is 6.33. The zero-order valence-electron chi connectivity index (χ0n) is 19.6. The summed E-state index contributed by atoms with van der Waals surface area (Å²) >= 11 is 6.44. The van der Waals surface area contributed by atoms with Gasteiger partial charge in [0, 0.05) is 50.8 Å². The number of piperidine rings is 1. The van der Waals surface area contributed by atoms with Gasteiger partial charge in [-0.1, -0.05) is 18.5 Å². The van der Waals surface area contributed by atoms with Gasteiger partial charge in [0.05, 0.1) is 28.5 Å². The molecule has 1 aliphatic rings. The van der Waals surface area contributed by atoms with Crippen molar-refractivity contribution in [2.75, 3.05) is 37.0 Å². The Morgan fingerprint density at radius 3 is 2.71 bits per heavy atom. The van der Waals surface area contributed by atoms with E-state index in [1.807, 2.05) is 24.3 Å². The van der Waals surface area contributed by atoms with Crippen molar-refractivity contribution in [3.8, 4) is 5.75 Å². The van der Waals surface area contributed by atoms with Crippen LogP contribution in [0.3, 0.4) is 0 Å². The van der Waals surface area contributed by atoms with E-state index in [4.69, 9.17) is 21.1 Å². The number of anilines is 3. The lowest BCUT2D eigenvalue weighted by Gasteiger charge is -2.32. The van der Waals surface area contributed by atoms with Crippen LogP contribution in [0.4, 0.5) is 17.2 Å². The molecule has 180 valence electrons. The molecule has 0 saturated carbocycles. The number of ether oxygens (including phenoxy) is 2. The van der Waals surface area contributed by atoms with Crippen molar-refractivity contribution in [3.05, 3.63) is 51.9 Å². The minimum Gasteiger partial charge on any atom is -0.480 e. The summed E-state index contributed by atoms with van der Waals surface area (Å²) in [6.07, 6.45) is 4.23. The lowest BCUT2D eigenvalue weighted by Crippen LogP contribution is -2.37. The van der Waals surface area contributed by atoms with E-state index < -0.39 is 0 Å². The minimum atomic E-state index is -0.281. The number of aryl methyl sites for hydroxylation is 1. The molecule has 1 saturated heterocycles. The highest BCUT2D eigenvalue weighted by Gasteiger charge is 2.20. The van der Waals surface area contributed by atoms with E-state index in [1.165, 1.54) is 4.57 Å². The monoisotopic (exact) mass is 484 g/mol. The standard InChI is InChI=1S/C25H29ClN4O4/c1-4-18(31)15-34-23-12-16-11-17(5-6-22(16)29(2)25(23)32)28-21-13-24(27-14-20(21)26)30-9-7-19(33-3)8-10-30/h5-6,11-14,19H,4,7-10,15H2,1-3H3,(H,27,28). The molecular weight excluding hydrogens is 456 g/mol. The van der Waals surface area contributed by atoms with E-state index in [9.17, 15) is 9.59 Å². The van der Waals surface area contributed by atoms with Gasteiger partial charge >= 0.3 is 0 Å². The number of carbonyl (C=O) groups is 1. The average molecular weight is 485 g/mol. The minimum absolute atomic E-state index is 0.0628. The molecule has 1 N–H and O–H groups in total. The molecule has 1 aromatic carbocycles. The third-order valence-corrected chi connectivity index (χ3v) is 6.49. The number of benzene rings is 1. The molecule has 3 aromatic rings. The number of methoxy groups -OCH3 is 1. The number of hydrogen-bond acceptors (Lipinski definition) is 7. The van der Waals surface area contributed by atoms with Crippen LogP contribution in [0.15, 0.2) is 41.3 Å².